The van der Waals surface area contributed by atoms with Gasteiger partial charge in [0.2, 0.25) is 0 Å². The molecule has 1 aromatic carbocycles. The van der Waals surface area contributed by atoms with Gasteiger partial charge in [-0.3, -0.25) is 4.79 Å². The fourth-order valence-corrected chi connectivity index (χ4v) is 1.65. The van der Waals surface area contributed by atoms with Crippen LogP contribution in [0.25, 0.3) is 11.0 Å². The topological polar surface area (TPSA) is 57.8 Å². The Bertz CT molecular complexity index is 533. The average molecular weight is 235 g/mol. The lowest BCUT2D eigenvalue weighted by Crippen LogP contribution is -2.06. The number of nitrogens with zero attached hydrogens (tertiary/aromatic N) is 1. The number of anilines is 1. The Morgan fingerprint density at radius 3 is 2.94 bits per heavy atom. The first kappa shape index (κ1) is 11.0. The zero-order chi connectivity index (χ0) is 11.7. The maximum absolute atomic E-state index is 11.2. The molecule has 0 radical (unpaired) electrons. The van der Waals surface area contributed by atoms with Crippen molar-refractivity contribution in [1.29, 1.82) is 0 Å². The largest absolute Gasteiger partial charge is 0.374 e. The Hall–Kier alpha value is -1.49. The van der Waals surface area contributed by atoms with Gasteiger partial charge >= 0.3 is 0 Å². The summed E-state index contributed by atoms with van der Waals surface area (Å²) < 4.78 is 0. The van der Waals surface area contributed by atoms with Gasteiger partial charge in [-0.15, -0.1) is 0 Å². The quantitative estimate of drug-likeness (QED) is 0.435. The van der Waals surface area contributed by atoms with E-state index in [9.17, 15) is 4.79 Å². The third-order valence-corrected chi connectivity index (χ3v) is 2.32. The van der Waals surface area contributed by atoms with E-state index in [4.69, 9.17) is 0 Å². The molecule has 84 valence electrons. The summed E-state index contributed by atoms with van der Waals surface area (Å²) in [6.07, 6.45) is 0. The molecule has 2 N–H and O–H groups in total. The lowest BCUT2D eigenvalue weighted by molar-refractivity contribution is 0.100. The van der Waals surface area contributed by atoms with Crippen LogP contribution in [0.2, 0.25) is 0 Å². The van der Waals surface area contributed by atoms with Crippen molar-refractivity contribution >= 4 is 35.1 Å². The van der Waals surface area contributed by atoms with E-state index in [0.29, 0.717) is 5.82 Å². The summed E-state index contributed by atoms with van der Waals surface area (Å²) in [5.74, 6) is 0.333. The third-order valence-electron chi connectivity index (χ3n) is 2.19. The summed E-state index contributed by atoms with van der Waals surface area (Å²) in [6.45, 7) is 3.44. The highest BCUT2D eigenvalue weighted by molar-refractivity contribution is 7.81. The van der Waals surface area contributed by atoms with Crippen molar-refractivity contribution in [2.45, 2.75) is 19.2 Å². The second-order valence-electron chi connectivity index (χ2n) is 3.69. The van der Waals surface area contributed by atoms with Crippen LogP contribution < -0.4 is 5.32 Å². The number of carbonyl (C=O) groups excluding carboxylic acids is 1. The number of carbonyl (C=O) groups is 1. The van der Waals surface area contributed by atoms with Crippen molar-refractivity contribution in [2.75, 3.05) is 5.32 Å². The van der Waals surface area contributed by atoms with Crippen molar-refractivity contribution in [3.63, 3.8) is 0 Å². The molecule has 1 heterocycles. The van der Waals surface area contributed by atoms with E-state index in [1.807, 2.05) is 25.1 Å². The van der Waals surface area contributed by atoms with Gasteiger partial charge in [0.15, 0.2) is 11.6 Å². The standard InChI is InChI=1S/C11H13N3OS/c1-6(15)11-13-9-4-3-8(12-7(2)16)5-10(9)14-11/h3-5,7,12,16H,1-2H3,(H,13,14). The Morgan fingerprint density at radius 2 is 2.31 bits per heavy atom. The molecule has 16 heavy (non-hydrogen) atoms. The van der Waals surface area contributed by atoms with E-state index in [2.05, 4.69) is 27.9 Å². The number of imidazole rings is 1. The highest BCUT2D eigenvalue weighted by Gasteiger charge is 2.07. The highest BCUT2D eigenvalue weighted by Crippen LogP contribution is 2.18. The summed E-state index contributed by atoms with van der Waals surface area (Å²) in [5, 5.41) is 3.23. The molecular weight excluding hydrogens is 222 g/mol. The lowest BCUT2D eigenvalue weighted by atomic mass is 10.3. The average Bonchev–Trinajstić information content (AvgIpc) is 2.59. The number of nitrogens with one attached hydrogen (secondary N) is 2. The van der Waals surface area contributed by atoms with Gasteiger partial charge in [0.25, 0.3) is 0 Å². The number of hydrogen-bond donors (Lipinski definition) is 3. The third kappa shape index (κ3) is 2.19. The molecule has 0 aliphatic rings. The van der Waals surface area contributed by atoms with E-state index in [1.54, 1.807) is 0 Å². The second kappa shape index (κ2) is 4.17. The van der Waals surface area contributed by atoms with Gasteiger partial charge < -0.3 is 10.3 Å². The van der Waals surface area contributed by atoms with Crippen molar-refractivity contribution in [3.8, 4) is 0 Å². The molecule has 1 atom stereocenters. The number of H-pyrrole nitrogens is 1. The van der Waals surface area contributed by atoms with Gasteiger partial charge in [-0.2, -0.15) is 12.6 Å². The first-order valence-electron chi connectivity index (χ1n) is 5.01. The number of hydrogen-bond acceptors (Lipinski definition) is 4. The molecule has 2 aromatic rings. The smallest absolute Gasteiger partial charge is 0.195 e. The minimum Gasteiger partial charge on any atom is -0.374 e. The number of aromatic amines is 1. The number of fused-ring (bicyclic) bond motifs is 1. The predicted octanol–water partition coefficient (Wildman–Crippen LogP) is 2.45. The van der Waals surface area contributed by atoms with Crippen molar-refractivity contribution in [3.05, 3.63) is 24.0 Å². The highest BCUT2D eigenvalue weighted by atomic mass is 32.1. The van der Waals surface area contributed by atoms with E-state index in [1.165, 1.54) is 6.92 Å². The van der Waals surface area contributed by atoms with Crippen LogP contribution in [0.5, 0.6) is 0 Å². The number of Topliss-reactive ketones (excluding diaryl/α,β-unsaturated/α-hetero) is 1. The summed E-state index contributed by atoms with van der Waals surface area (Å²) >= 11 is 4.25. The number of thiol groups is 1. The Balaban J connectivity index is 2.41. The Morgan fingerprint density at radius 1 is 1.56 bits per heavy atom. The van der Waals surface area contributed by atoms with Crippen LogP contribution in [0.3, 0.4) is 0 Å². The van der Waals surface area contributed by atoms with Crippen molar-refractivity contribution < 1.29 is 4.79 Å². The first-order valence-corrected chi connectivity index (χ1v) is 5.53. The van der Waals surface area contributed by atoms with Gasteiger partial charge in [0.05, 0.1) is 16.4 Å². The summed E-state index contributed by atoms with van der Waals surface area (Å²) in [7, 11) is 0. The Kier molecular flexibility index (Phi) is 2.87. The molecule has 0 saturated carbocycles. The van der Waals surface area contributed by atoms with E-state index < -0.39 is 0 Å². The number of rotatable bonds is 3. The van der Waals surface area contributed by atoms with Gasteiger partial charge in [0, 0.05) is 12.6 Å². The molecule has 1 unspecified atom stereocenters. The Labute approximate surface area is 98.9 Å². The normalized spacial score (nSPS) is 12.7. The molecule has 5 heteroatoms. The molecular formula is C11H13N3OS. The summed E-state index contributed by atoms with van der Waals surface area (Å²) in [4.78, 5) is 18.3. The molecule has 0 bridgehead atoms. The van der Waals surface area contributed by atoms with Crippen molar-refractivity contribution in [2.24, 2.45) is 0 Å². The number of ketones is 1. The predicted molar refractivity (Wildman–Crippen MR) is 68.2 cm³/mol. The molecule has 0 fully saturated rings. The number of aromatic nitrogens is 2. The van der Waals surface area contributed by atoms with Gasteiger partial charge in [-0.25, -0.2) is 4.98 Å². The van der Waals surface area contributed by atoms with E-state index in [-0.39, 0.29) is 11.2 Å². The molecule has 0 aliphatic carbocycles. The second-order valence-corrected chi connectivity index (χ2v) is 4.47. The zero-order valence-corrected chi connectivity index (χ0v) is 10.0. The van der Waals surface area contributed by atoms with Gasteiger partial charge in [0.1, 0.15) is 0 Å². The van der Waals surface area contributed by atoms with E-state index in [0.717, 1.165) is 16.7 Å². The van der Waals surface area contributed by atoms with Crippen LogP contribution in [0.15, 0.2) is 18.2 Å². The molecule has 1 aromatic heterocycles. The minimum atomic E-state index is -0.0618. The van der Waals surface area contributed by atoms with E-state index >= 15 is 0 Å². The van der Waals surface area contributed by atoms with Gasteiger partial charge in [-0.05, 0) is 25.1 Å². The van der Waals surface area contributed by atoms with Crippen LogP contribution in [0, 0.1) is 0 Å². The van der Waals surface area contributed by atoms with Gasteiger partial charge in [-0.1, -0.05) is 0 Å². The molecule has 0 spiro atoms. The zero-order valence-electron chi connectivity index (χ0n) is 9.11. The first-order chi connectivity index (χ1) is 7.56. The lowest BCUT2D eigenvalue weighted by Gasteiger charge is -2.08. The molecule has 0 aliphatic heterocycles. The fraction of sp³-hybridized carbons (Fsp3) is 0.273. The number of benzene rings is 1. The fourth-order valence-electron chi connectivity index (χ4n) is 1.50. The molecule has 0 saturated heterocycles. The SMILES string of the molecule is CC(=O)c1nc2cc(NC(C)S)ccc2[nH]1. The molecule has 2 rings (SSSR count). The summed E-state index contributed by atoms with van der Waals surface area (Å²) in [6, 6.07) is 5.72. The van der Waals surface area contributed by atoms with Crippen molar-refractivity contribution in [1.82, 2.24) is 9.97 Å². The van der Waals surface area contributed by atoms with Crippen LogP contribution in [0.1, 0.15) is 24.5 Å². The molecule has 0 amide bonds. The van der Waals surface area contributed by atoms with Crippen LogP contribution in [-0.2, 0) is 0 Å². The minimum absolute atomic E-state index is 0.0618. The van der Waals surface area contributed by atoms with Crippen LogP contribution >= 0.6 is 12.6 Å². The van der Waals surface area contributed by atoms with Crippen LogP contribution in [-0.4, -0.2) is 21.1 Å². The van der Waals surface area contributed by atoms with Crippen LogP contribution in [0.4, 0.5) is 5.69 Å². The summed E-state index contributed by atoms with van der Waals surface area (Å²) in [5.41, 5.74) is 2.59. The maximum atomic E-state index is 11.2. The molecule has 4 nitrogen and oxygen atoms in total. The maximum Gasteiger partial charge on any atom is 0.195 e. The monoisotopic (exact) mass is 235 g/mol.